The number of carbonyl (C=O) groups is 1. The maximum atomic E-state index is 11.1. The summed E-state index contributed by atoms with van der Waals surface area (Å²) in [4.78, 5) is 22.5. The van der Waals surface area contributed by atoms with E-state index in [4.69, 9.17) is 26.1 Å². The van der Waals surface area contributed by atoms with Gasteiger partial charge in [0.05, 0.1) is 38.0 Å². The number of terminal acetylenes is 1. The fourth-order valence-electron chi connectivity index (χ4n) is 3.68. The lowest BCUT2D eigenvalue weighted by atomic mass is 10.0. The van der Waals surface area contributed by atoms with Crippen LogP contribution in [0.1, 0.15) is 42.4 Å². The van der Waals surface area contributed by atoms with Gasteiger partial charge in [0.25, 0.3) is 0 Å². The zero-order chi connectivity index (χ0) is 22.5. The van der Waals surface area contributed by atoms with Gasteiger partial charge in [0.1, 0.15) is 5.84 Å². The van der Waals surface area contributed by atoms with Crippen LogP contribution in [0.3, 0.4) is 0 Å². The molecule has 0 aliphatic carbocycles. The van der Waals surface area contributed by atoms with Gasteiger partial charge in [-0.05, 0) is 43.0 Å². The SMILES string of the molecule is C#Cc1ccc2c(c1)N=C1c3cc(OCCCCCC(=O)NO)c(OC)cc3N=CN1C2. The third-order valence-corrected chi connectivity index (χ3v) is 5.38. The number of rotatable bonds is 8. The molecule has 2 N–H and O–H groups in total. The molecule has 0 aromatic heterocycles. The Balaban J connectivity index is 1.54. The Morgan fingerprint density at radius 1 is 1.22 bits per heavy atom. The van der Waals surface area contributed by atoms with Gasteiger partial charge < -0.3 is 14.4 Å². The van der Waals surface area contributed by atoms with E-state index < -0.39 is 0 Å². The lowest BCUT2D eigenvalue weighted by molar-refractivity contribution is -0.129. The lowest BCUT2D eigenvalue weighted by Crippen LogP contribution is -2.34. The van der Waals surface area contributed by atoms with Crippen LogP contribution in [-0.4, -0.2) is 41.9 Å². The van der Waals surface area contributed by atoms with E-state index in [1.165, 1.54) is 0 Å². The molecule has 0 spiro atoms. The van der Waals surface area contributed by atoms with Crippen LogP contribution in [0, 0.1) is 12.3 Å². The first-order valence-electron chi connectivity index (χ1n) is 10.4. The average Bonchev–Trinajstić information content (AvgIpc) is 2.83. The van der Waals surface area contributed by atoms with Crippen molar-refractivity contribution in [1.29, 1.82) is 0 Å². The Kier molecular flexibility index (Phi) is 6.38. The van der Waals surface area contributed by atoms with Crippen LogP contribution in [0.4, 0.5) is 11.4 Å². The number of fused-ring (bicyclic) bond motifs is 4. The molecule has 2 aliphatic rings. The van der Waals surface area contributed by atoms with Crippen molar-refractivity contribution < 1.29 is 19.5 Å². The minimum absolute atomic E-state index is 0.287. The molecule has 8 heteroatoms. The highest BCUT2D eigenvalue weighted by Gasteiger charge is 2.27. The van der Waals surface area contributed by atoms with Crippen LogP contribution in [0.2, 0.25) is 0 Å². The minimum Gasteiger partial charge on any atom is -0.493 e. The highest BCUT2D eigenvalue weighted by atomic mass is 16.5. The number of hydrogen-bond acceptors (Lipinski definition) is 7. The standard InChI is InChI=1S/C24H24N4O4/c1-3-16-8-9-17-14-28-15-25-20-13-21(31-2)22(12-18(20)24(28)26-19(17)11-16)32-10-6-4-5-7-23(29)27-30/h1,8-9,11-13,15,30H,4-7,10,14H2,2H3,(H,27,29). The second-order valence-electron chi connectivity index (χ2n) is 7.51. The van der Waals surface area contributed by atoms with Crippen LogP contribution in [0.15, 0.2) is 40.3 Å². The Hall–Kier alpha value is -3.83. The molecule has 0 fully saturated rings. The fourth-order valence-corrected chi connectivity index (χ4v) is 3.68. The molecule has 0 bridgehead atoms. The quantitative estimate of drug-likeness (QED) is 0.287. The number of benzene rings is 2. The Morgan fingerprint density at radius 3 is 2.88 bits per heavy atom. The van der Waals surface area contributed by atoms with E-state index in [-0.39, 0.29) is 12.3 Å². The highest BCUT2D eigenvalue weighted by Crippen LogP contribution is 2.40. The maximum Gasteiger partial charge on any atom is 0.243 e. The van der Waals surface area contributed by atoms with Gasteiger partial charge in [-0.1, -0.05) is 12.0 Å². The first-order valence-corrected chi connectivity index (χ1v) is 10.4. The van der Waals surface area contributed by atoms with E-state index in [0.29, 0.717) is 31.1 Å². The smallest absolute Gasteiger partial charge is 0.243 e. The molecule has 0 radical (unpaired) electrons. The number of methoxy groups -OCH3 is 1. The second kappa shape index (κ2) is 9.54. The van der Waals surface area contributed by atoms with Crippen molar-refractivity contribution in [1.82, 2.24) is 10.4 Å². The summed E-state index contributed by atoms with van der Waals surface area (Å²) in [6, 6.07) is 9.59. The van der Waals surface area contributed by atoms with Gasteiger partial charge in [-0.3, -0.25) is 10.0 Å². The van der Waals surface area contributed by atoms with Crippen LogP contribution in [0.25, 0.3) is 0 Å². The van der Waals surface area contributed by atoms with Crippen molar-refractivity contribution in [2.75, 3.05) is 13.7 Å². The summed E-state index contributed by atoms with van der Waals surface area (Å²) in [6.07, 6.45) is 9.87. The summed E-state index contributed by atoms with van der Waals surface area (Å²) in [5, 5.41) is 8.53. The van der Waals surface area contributed by atoms with Gasteiger partial charge in [0, 0.05) is 23.6 Å². The number of unbranched alkanes of at least 4 members (excludes halogenated alkanes) is 2. The number of carbonyl (C=O) groups excluding carboxylic acids is 1. The molecule has 32 heavy (non-hydrogen) atoms. The van der Waals surface area contributed by atoms with Gasteiger partial charge in [-0.25, -0.2) is 15.5 Å². The average molecular weight is 432 g/mol. The summed E-state index contributed by atoms with van der Waals surface area (Å²) in [7, 11) is 1.59. The number of hydrogen-bond donors (Lipinski definition) is 2. The van der Waals surface area contributed by atoms with Crippen LogP contribution >= 0.6 is 0 Å². The number of amidine groups is 1. The second-order valence-corrected chi connectivity index (χ2v) is 7.51. The summed E-state index contributed by atoms with van der Waals surface area (Å²) in [5.41, 5.74) is 6.00. The molecule has 1 amide bonds. The fraction of sp³-hybridized carbons (Fsp3) is 0.292. The van der Waals surface area contributed by atoms with E-state index >= 15 is 0 Å². The topological polar surface area (TPSA) is 95.8 Å². The lowest BCUT2D eigenvalue weighted by Gasteiger charge is -2.30. The van der Waals surface area contributed by atoms with Crippen molar-refractivity contribution >= 4 is 29.5 Å². The summed E-state index contributed by atoms with van der Waals surface area (Å²) in [5.74, 6) is 4.28. The van der Waals surface area contributed by atoms with E-state index in [9.17, 15) is 4.79 Å². The van der Waals surface area contributed by atoms with Crippen molar-refractivity contribution in [3.63, 3.8) is 0 Å². The summed E-state index contributed by atoms with van der Waals surface area (Å²) in [6.45, 7) is 1.13. The van der Waals surface area contributed by atoms with Gasteiger partial charge in [0.15, 0.2) is 11.5 Å². The largest absolute Gasteiger partial charge is 0.493 e. The van der Waals surface area contributed by atoms with Crippen LogP contribution in [0.5, 0.6) is 11.5 Å². The number of ether oxygens (including phenoxy) is 2. The van der Waals surface area contributed by atoms with Gasteiger partial charge >= 0.3 is 0 Å². The van der Waals surface area contributed by atoms with Gasteiger partial charge in [-0.2, -0.15) is 0 Å². The third-order valence-electron chi connectivity index (χ3n) is 5.38. The molecule has 2 aliphatic heterocycles. The molecule has 0 unspecified atom stereocenters. The van der Waals surface area contributed by atoms with Crippen molar-refractivity contribution in [2.24, 2.45) is 9.98 Å². The summed E-state index contributed by atoms with van der Waals surface area (Å²) < 4.78 is 11.5. The molecular formula is C24H24N4O4. The predicted octanol–water partition coefficient (Wildman–Crippen LogP) is 3.69. The summed E-state index contributed by atoms with van der Waals surface area (Å²) >= 11 is 0. The molecule has 164 valence electrons. The van der Waals surface area contributed by atoms with E-state index in [1.54, 1.807) is 18.9 Å². The predicted molar refractivity (Wildman–Crippen MR) is 121 cm³/mol. The number of amides is 1. The molecule has 2 heterocycles. The molecule has 2 aromatic rings. The number of hydroxylamine groups is 1. The molecule has 4 rings (SSSR count). The first-order chi connectivity index (χ1) is 15.6. The Labute approximate surface area is 186 Å². The van der Waals surface area contributed by atoms with E-state index in [2.05, 4.69) is 10.9 Å². The number of nitrogens with zero attached hydrogens (tertiary/aromatic N) is 3. The molecule has 0 saturated carbocycles. The van der Waals surface area contributed by atoms with E-state index in [0.717, 1.165) is 46.7 Å². The van der Waals surface area contributed by atoms with Crippen molar-refractivity contribution in [2.45, 2.75) is 32.2 Å². The maximum absolute atomic E-state index is 11.1. The number of aliphatic imine (C=N–C) groups is 2. The zero-order valence-electron chi connectivity index (χ0n) is 17.8. The van der Waals surface area contributed by atoms with Gasteiger partial charge in [0.2, 0.25) is 5.91 Å². The molecule has 8 nitrogen and oxygen atoms in total. The Morgan fingerprint density at radius 2 is 2.09 bits per heavy atom. The van der Waals surface area contributed by atoms with Crippen LogP contribution in [-0.2, 0) is 11.3 Å². The van der Waals surface area contributed by atoms with Crippen molar-refractivity contribution in [3.05, 3.63) is 47.0 Å². The van der Waals surface area contributed by atoms with Crippen LogP contribution < -0.4 is 15.0 Å². The molecule has 2 aromatic carbocycles. The zero-order valence-corrected chi connectivity index (χ0v) is 17.8. The monoisotopic (exact) mass is 432 g/mol. The third kappa shape index (κ3) is 4.43. The molecule has 0 atom stereocenters. The van der Waals surface area contributed by atoms with E-state index in [1.807, 2.05) is 35.2 Å². The number of nitrogens with one attached hydrogen (secondary N) is 1. The molecule has 0 saturated heterocycles. The Bertz CT molecular complexity index is 1130. The normalized spacial score (nSPS) is 13.3. The molecular weight excluding hydrogens is 408 g/mol. The highest BCUT2D eigenvalue weighted by molar-refractivity contribution is 6.12. The minimum atomic E-state index is -0.378. The first kappa shape index (κ1) is 21.4. The van der Waals surface area contributed by atoms with Crippen molar-refractivity contribution in [3.8, 4) is 23.8 Å². The van der Waals surface area contributed by atoms with Gasteiger partial charge in [-0.15, -0.1) is 6.42 Å².